The molecular formula is C21H29O4P. The van der Waals surface area contributed by atoms with Crippen LogP contribution in [-0.2, 0) is 4.57 Å². The van der Waals surface area contributed by atoms with Gasteiger partial charge in [0.25, 0.3) is 0 Å². The fourth-order valence-electron chi connectivity index (χ4n) is 3.55. The van der Waals surface area contributed by atoms with Crippen LogP contribution in [0.2, 0.25) is 0 Å². The Bertz CT molecular complexity index is 819. The van der Waals surface area contributed by atoms with Gasteiger partial charge in [-0.05, 0) is 46.1 Å². The lowest BCUT2D eigenvalue weighted by molar-refractivity contribution is 0.283. The van der Waals surface area contributed by atoms with Gasteiger partial charge in [-0.1, -0.05) is 71.9 Å². The van der Waals surface area contributed by atoms with E-state index in [9.17, 15) is 14.4 Å². The lowest BCUT2D eigenvalue weighted by Gasteiger charge is -2.26. The summed E-state index contributed by atoms with van der Waals surface area (Å²) in [6, 6.07) is 11.2. The first-order valence-corrected chi connectivity index (χ1v) is 10.6. The maximum absolute atomic E-state index is 11.4. The van der Waals surface area contributed by atoms with Crippen molar-refractivity contribution >= 4 is 7.82 Å². The molecule has 0 fully saturated rings. The molecule has 0 aliphatic heterocycles. The van der Waals surface area contributed by atoms with Gasteiger partial charge in [0.05, 0.1) is 0 Å². The zero-order valence-electron chi connectivity index (χ0n) is 16.4. The van der Waals surface area contributed by atoms with E-state index in [-0.39, 0.29) is 11.7 Å². The molecule has 0 radical (unpaired) electrons. The summed E-state index contributed by atoms with van der Waals surface area (Å²) >= 11 is 0. The summed E-state index contributed by atoms with van der Waals surface area (Å²) in [5, 5.41) is 0. The van der Waals surface area contributed by atoms with Crippen LogP contribution in [0.1, 0.15) is 76.0 Å². The van der Waals surface area contributed by atoms with Crippen molar-refractivity contribution in [3.05, 3.63) is 53.1 Å². The largest absolute Gasteiger partial charge is 0.524 e. The fourth-order valence-corrected chi connectivity index (χ4v) is 3.97. The summed E-state index contributed by atoms with van der Waals surface area (Å²) in [5.74, 6) is 1.22. The third-order valence-electron chi connectivity index (χ3n) is 4.49. The van der Waals surface area contributed by atoms with Gasteiger partial charge in [0.15, 0.2) is 0 Å². The smallest absolute Gasteiger partial charge is 0.404 e. The van der Waals surface area contributed by atoms with Gasteiger partial charge in [-0.15, -0.1) is 0 Å². The molecule has 2 aromatic carbocycles. The predicted molar refractivity (Wildman–Crippen MR) is 107 cm³/mol. The van der Waals surface area contributed by atoms with Crippen LogP contribution in [0.15, 0.2) is 36.4 Å². The lowest BCUT2D eigenvalue weighted by Crippen LogP contribution is -2.08. The average Bonchev–Trinajstić information content (AvgIpc) is 2.52. The van der Waals surface area contributed by atoms with Crippen molar-refractivity contribution in [2.24, 2.45) is 0 Å². The Morgan fingerprint density at radius 1 is 0.769 bits per heavy atom. The number of phosphoric acid groups is 1. The molecule has 4 nitrogen and oxygen atoms in total. The van der Waals surface area contributed by atoms with Crippen molar-refractivity contribution in [1.82, 2.24) is 0 Å². The Balaban J connectivity index is 2.80. The van der Waals surface area contributed by atoms with Crippen LogP contribution in [0.4, 0.5) is 0 Å². The second-order valence-electron chi connectivity index (χ2n) is 7.57. The number of hydrogen-bond acceptors (Lipinski definition) is 2. The summed E-state index contributed by atoms with van der Waals surface area (Å²) in [7, 11) is -4.63. The molecule has 5 heteroatoms. The highest BCUT2D eigenvalue weighted by atomic mass is 31.2. The maximum atomic E-state index is 11.4. The molecule has 0 atom stereocenters. The Hall–Kier alpha value is -1.61. The minimum Gasteiger partial charge on any atom is -0.404 e. The number of hydrogen-bond donors (Lipinski definition) is 2. The highest BCUT2D eigenvalue weighted by Crippen LogP contribution is 2.46. The maximum Gasteiger partial charge on any atom is 0.524 e. The van der Waals surface area contributed by atoms with Gasteiger partial charge in [0, 0.05) is 5.56 Å². The Labute approximate surface area is 156 Å². The Morgan fingerprint density at radius 3 is 1.85 bits per heavy atom. The minimum absolute atomic E-state index is 0.203. The summed E-state index contributed by atoms with van der Waals surface area (Å²) < 4.78 is 16.4. The topological polar surface area (TPSA) is 66.8 Å². The summed E-state index contributed by atoms with van der Waals surface area (Å²) in [4.78, 5) is 18.5. The molecule has 0 aliphatic rings. The minimum atomic E-state index is -4.63. The van der Waals surface area contributed by atoms with Crippen molar-refractivity contribution in [3.63, 3.8) is 0 Å². The Morgan fingerprint density at radius 2 is 1.35 bits per heavy atom. The zero-order valence-corrected chi connectivity index (χ0v) is 17.2. The fraction of sp³-hybridized carbons (Fsp3) is 0.429. The third-order valence-corrected chi connectivity index (χ3v) is 4.93. The summed E-state index contributed by atoms with van der Waals surface area (Å²) in [6.07, 6.45) is 0. The third kappa shape index (κ3) is 4.56. The van der Waals surface area contributed by atoms with Gasteiger partial charge < -0.3 is 4.52 Å². The number of phosphoric ester groups is 1. The molecule has 2 aromatic rings. The number of rotatable bonds is 6. The molecular weight excluding hydrogens is 347 g/mol. The molecule has 0 saturated carbocycles. The van der Waals surface area contributed by atoms with Crippen molar-refractivity contribution in [3.8, 4) is 16.9 Å². The molecule has 0 aromatic heterocycles. The van der Waals surface area contributed by atoms with E-state index in [0.717, 1.165) is 5.56 Å². The number of benzene rings is 2. The summed E-state index contributed by atoms with van der Waals surface area (Å²) in [6.45, 7) is 13.1. The first kappa shape index (κ1) is 20.7. The normalized spacial score (nSPS) is 12.3. The van der Waals surface area contributed by atoms with Gasteiger partial charge in [-0.3, -0.25) is 9.79 Å². The number of para-hydroxylation sites is 1. The van der Waals surface area contributed by atoms with Crippen LogP contribution >= 0.6 is 7.82 Å². The van der Waals surface area contributed by atoms with Gasteiger partial charge in [-0.2, -0.15) is 0 Å². The van der Waals surface area contributed by atoms with Crippen molar-refractivity contribution < 1.29 is 18.9 Å². The summed E-state index contributed by atoms with van der Waals surface area (Å²) in [5.41, 5.74) is 5.53. The molecule has 2 rings (SSSR count). The molecule has 0 saturated heterocycles. The monoisotopic (exact) mass is 376 g/mol. The quantitative estimate of drug-likeness (QED) is 0.590. The lowest BCUT2D eigenvalue weighted by atomic mass is 9.79. The van der Waals surface area contributed by atoms with E-state index in [1.807, 2.05) is 12.1 Å². The van der Waals surface area contributed by atoms with Gasteiger partial charge >= 0.3 is 7.82 Å². The van der Waals surface area contributed by atoms with Gasteiger partial charge in [0.1, 0.15) is 5.75 Å². The second kappa shape index (κ2) is 7.96. The van der Waals surface area contributed by atoms with Crippen LogP contribution in [0.25, 0.3) is 11.1 Å². The molecule has 0 amide bonds. The Kier molecular flexibility index (Phi) is 6.33. The molecule has 0 unspecified atom stereocenters. The first-order valence-electron chi connectivity index (χ1n) is 9.04. The van der Waals surface area contributed by atoms with Gasteiger partial charge in [0.2, 0.25) is 0 Å². The second-order valence-corrected chi connectivity index (χ2v) is 8.74. The molecule has 0 bridgehead atoms. The van der Waals surface area contributed by atoms with Crippen molar-refractivity contribution in [1.29, 1.82) is 0 Å². The SMILES string of the molecule is CC(C)c1ccc(-c2ccccc2OP(=O)(O)O)c(C(C)C)c1C(C)C. The molecule has 142 valence electrons. The van der Waals surface area contributed by atoms with E-state index in [1.54, 1.807) is 12.1 Å². The van der Waals surface area contributed by atoms with E-state index >= 15 is 0 Å². The molecule has 0 spiro atoms. The molecule has 0 aliphatic carbocycles. The van der Waals surface area contributed by atoms with E-state index in [0.29, 0.717) is 17.4 Å². The van der Waals surface area contributed by atoms with Crippen molar-refractivity contribution in [2.75, 3.05) is 0 Å². The van der Waals surface area contributed by atoms with Crippen LogP contribution < -0.4 is 4.52 Å². The standard InChI is InChI=1S/C21H29O4P/c1-13(2)16-11-12-18(21(15(5)6)20(16)14(3)4)17-9-7-8-10-19(17)25-26(22,23)24/h7-15H,1-6H3,(H2,22,23,24). The van der Waals surface area contributed by atoms with E-state index < -0.39 is 7.82 Å². The van der Waals surface area contributed by atoms with Crippen molar-refractivity contribution in [2.45, 2.75) is 59.3 Å². The predicted octanol–water partition coefficient (Wildman–Crippen LogP) is 6.20. The highest BCUT2D eigenvalue weighted by molar-refractivity contribution is 7.46. The molecule has 26 heavy (non-hydrogen) atoms. The van der Waals surface area contributed by atoms with Gasteiger partial charge in [-0.25, -0.2) is 4.57 Å². The van der Waals surface area contributed by atoms with Crippen LogP contribution in [0, 0.1) is 0 Å². The molecule has 2 N–H and O–H groups in total. The van der Waals surface area contributed by atoms with E-state index in [4.69, 9.17) is 4.52 Å². The van der Waals surface area contributed by atoms with Crippen LogP contribution in [0.3, 0.4) is 0 Å². The molecule has 0 heterocycles. The van der Waals surface area contributed by atoms with E-state index in [1.165, 1.54) is 16.7 Å². The first-order chi connectivity index (χ1) is 12.0. The van der Waals surface area contributed by atoms with Crippen LogP contribution in [0.5, 0.6) is 5.75 Å². The zero-order chi connectivity index (χ0) is 19.6. The van der Waals surface area contributed by atoms with E-state index in [2.05, 4.69) is 53.7 Å². The average molecular weight is 376 g/mol. The highest BCUT2D eigenvalue weighted by Gasteiger charge is 2.24. The van der Waals surface area contributed by atoms with Crippen LogP contribution in [-0.4, -0.2) is 9.79 Å².